The van der Waals surface area contributed by atoms with E-state index in [0.717, 1.165) is 48.2 Å². The molecule has 176 valence electrons. The van der Waals surface area contributed by atoms with Crippen LogP contribution in [0.5, 0.6) is 5.75 Å². The zero-order valence-electron chi connectivity index (χ0n) is 19.5. The van der Waals surface area contributed by atoms with Crippen LogP contribution >= 0.6 is 0 Å². The fourth-order valence-corrected chi connectivity index (χ4v) is 5.71. The van der Waals surface area contributed by atoms with E-state index in [4.69, 9.17) is 4.74 Å². The maximum absolute atomic E-state index is 13.6. The Balaban J connectivity index is 1.53. The van der Waals surface area contributed by atoms with Gasteiger partial charge < -0.3 is 15.2 Å². The Morgan fingerprint density at radius 3 is 2.44 bits per heavy atom. The van der Waals surface area contributed by atoms with Crippen molar-refractivity contribution in [2.75, 3.05) is 0 Å². The third kappa shape index (κ3) is 4.39. The lowest BCUT2D eigenvalue weighted by Crippen LogP contribution is -2.37. The molecule has 34 heavy (non-hydrogen) atoms. The number of ketones is 1. The molecule has 0 saturated heterocycles. The molecule has 1 aliphatic heterocycles. The Hall–Kier alpha value is -3.34. The van der Waals surface area contributed by atoms with E-state index in [2.05, 4.69) is 17.4 Å². The Kier molecular flexibility index (Phi) is 6.27. The molecular formula is C29H31NO4. The summed E-state index contributed by atoms with van der Waals surface area (Å²) in [7, 11) is 0. The van der Waals surface area contributed by atoms with Crippen molar-refractivity contribution in [2.45, 2.75) is 69.8 Å². The summed E-state index contributed by atoms with van der Waals surface area (Å²) in [5.41, 5.74) is 4.55. The number of hydrogen-bond acceptors (Lipinski definition) is 5. The second-order valence-electron chi connectivity index (χ2n) is 9.69. The number of benzene rings is 2. The van der Waals surface area contributed by atoms with Crippen LogP contribution in [-0.2, 0) is 14.3 Å². The van der Waals surface area contributed by atoms with E-state index < -0.39 is 5.92 Å². The minimum Gasteiger partial charge on any atom is -0.508 e. The molecule has 2 aromatic carbocycles. The minimum absolute atomic E-state index is 0.0337. The molecule has 0 bridgehead atoms. The molecule has 2 unspecified atom stereocenters. The van der Waals surface area contributed by atoms with E-state index >= 15 is 0 Å². The second kappa shape index (κ2) is 9.49. The number of carbonyl (C=O) groups is 2. The first kappa shape index (κ1) is 22.5. The van der Waals surface area contributed by atoms with E-state index in [1.165, 1.54) is 6.42 Å². The van der Waals surface area contributed by atoms with Crippen molar-refractivity contribution >= 4 is 11.8 Å². The number of ether oxygens (including phenoxy) is 1. The molecule has 2 aromatic rings. The third-order valence-corrected chi connectivity index (χ3v) is 7.35. The lowest BCUT2D eigenvalue weighted by molar-refractivity contribution is -0.146. The monoisotopic (exact) mass is 457 g/mol. The van der Waals surface area contributed by atoms with Gasteiger partial charge in [0, 0.05) is 29.3 Å². The van der Waals surface area contributed by atoms with Gasteiger partial charge in [0.05, 0.1) is 5.57 Å². The van der Waals surface area contributed by atoms with Crippen molar-refractivity contribution in [3.05, 3.63) is 88.3 Å². The number of nitrogens with one attached hydrogen (secondary N) is 1. The van der Waals surface area contributed by atoms with Crippen LogP contribution in [0.2, 0.25) is 0 Å². The van der Waals surface area contributed by atoms with Gasteiger partial charge in [0.2, 0.25) is 0 Å². The molecule has 1 saturated carbocycles. The molecule has 3 aliphatic rings. The van der Waals surface area contributed by atoms with E-state index in [-0.39, 0.29) is 29.5 Å². The number of aromatic hydroxyl groups is 1. The fraction of sp³-hybridized carbons (Fsp3) is 0.379. The average Bonchev–Trinajstić information content (AvgIpc) is 2.84. The van der Waals surface area contributed by atoms with Crippen LogP contribution in [0.3, 0.4) is 0 Å². The summed E-state index contributed by atoms with van der Waals surface area (Å²) >= 11 is 0. The largest absolute Gasteiger partial charge is 0.508 e. The summed E-state index contributed by atoms with van der Waals surface area (Å²) in [6.45, 7) is 1.88. The van der Waals surface area contributed by atoms with Crippen molar-refractivity contribution in [1.82, 2.24) is 5.32 Å². The highest BCUT2D eigenvalue weighted by molar-refractivity contribution is 6.04. The van der Waals surface area contributed by atoms with Gasteiger partial charge in [-0.05, 0) is 68.2 Å². The van der Waals surface area contributed by atoms with Gasteiger partial charge in [-0.25, -0.2) is 4.79 Å². The molecule has 0 aromatic heterocycles. The van der Waals surface area contributed by atoms with Crippen molar-refractivity contribution in [1.29, 1.82) is 0 Å². The molecule has 0 amide bonds. The molecule has 5 heteroatoms. The first-order valence-electron chi connectivity index (χ1n) is 12.3. The molecule has 0 spiro atoms. The predicted molar refractivity (Wildman–Crippen MR) is 130 cm³/mol. The molecular weight excluding hydrogens is 426 g/mol. The minimum atomic E-state index is -0.552. The molecule has 2 aliphatic carbocycles. The fourth-order valence-electron chi connectivity index (χ4n) is 5.71. The summed E-state index contributed by atoms with van der Waals surface area (Å²) in [6, 6.07) is 17.0. The molecule has 1 fully saturated rings. The zero-order valence-corrected chi connectivity index (χ0v) is 19.5. The highest BCUT2D eigenvalue weighted by atomic mass is 16.5. The maximum atomic E-state index is 13.6. The summed E-state index contributed by atoms with van der Waals surface area (Å²) in [5.74, 6) is -0.681. The Morgan fingerprint density at radius 2 is 1.71 bits per heavy atom. The second-order valence-corrected chi connectivity index (χ2v) is 9.69. The van der Waals surface area contributed by atoms with E-state index in [1.807, 2.05) is 31.2 Å². The number of Topliss-reactive ketones (excluding diaryl/α,β-unsaturated/α-hetero) is 1. The summed E-state index contributed by atoms with van der Waals surface area (Å²) in [5, 5.41) is 13.6. The first-order chi connectivity index (χ1) is 16.5. The van der Waals surface area contributed by atoms with Gasteiger partial charge in [-0.3, -0.25) is 4.79 Å². The van der Waals surface area contributed by atoms with Gasteiger partial charge in [-0.1, -0.05) is 48.9 Å². The van der Waals surface area contributed by atoms with Gasteiger partial charge in [0.15, 0.2) is 5.78 Å². The van der Waals surface area contributed by atoms with Crippen LogP contribution in [0.15, 0.2) is 77.1 Å². The Labute approximate surface area is 200 Å². The first-order valence-corrected chi connectivity index (χ1v) is 12.3. The Bertz CT molecular complexity index is 1160. The highest BCUT2D eigenvalue weighted by Gasteiger charge is 2.42. The topological polar surface area (TPSA) is 75.6 Å². The number of dihydropyridines is 1. The quantitative estimate of drug-likeness (QED) is 0.582. The predicted octanol–water partition coefficient (Wildman–Crippen LogP) is 5.63. The molecule has 5 nitrogen and oxygen atoms in total. The van der Waals surface area contributed by atoms with Crippen LogP contribution in [0.1, 0.15) is 74.8 Å². The van der Waals surface area contributed by atoms with Crippen molar-refractivity contribution < 1.29 is 19.4 Å². The van der Waals surface area contributed by atoms with Gasteiger partial charge in [0.25, 0.3) is 0 Å². The van der Waals surface area contributed by atoms with E-state index in [9.17, 15) is 14.7 Å². The summed E-state index contributed by atoms with van der Waals surface area (Å²) in [4.78, 5) is 27.1. The number of hydrogen-bond donors (Lipinski definition) is 2. The van der Waals surface area contributed by atoms with Crippen molar-refractivity contribution in [2.24, 2.45) is 0 Å². The summed E-state index contributed by atoms with van der Waals surface area (Å²) < 4.78 is 5.96. The average molecular weight is 458 g/mol. The van der Waals surface area contributed by atoms with Crippen molar-refractivity contribution in [3.63, 3.8) is 0 Å². The number of allylic oxidation sites excluding steroid dienone is 3. The smallest absolute Gasteiger partial charge is 0.337 e. The van der Waals surface area contributed by atoms with Gasteiger partial charge in [0.1, 0.15) is 11.9 Å². The standard InChI is InChI=1S/C29H31NO4/c1-18-26(29(33)34-23-13-6-3-7-14-23)27(20-11-8-12-22(31)15-20)28-24(30-18)16-21(17-25(28)32)19-9-4-2-5-10-19/h2,4-5,8-12,15,21,23,27,30-31H,3,6-7,13-14,16-17H2,1H3. The lowest BCUT2D eigenvalue weighted by atomic mass is 9.71. The number of esters is 1. The Morgan fingerprint density at radius 1 is 0.971 bits per heavy atom. The van der Waals surface area contributed by atoms with E-state index in [0.29, 0.717) is 24.0 Å². The normalized spacial score (nSPS) is 23.4. The molecule has 2 N–H and O–H groups in total. The van der Waals surface area contributed by atoms with E-state index in [1.54, 1.807) is 18.2 Å². The van der Waals surface area contributed by atoms with Gasteiger partial charge in [-0.2, -0.15) is 0 Å². The molecule has 0 radical (unpaired) electrons. The zero-order chi connectivity index (χ0) is 23.7. The number of rotatable bonds is 4. The molecule has 5 rings (SSSR count). The number of phenolic OH excluding ortho intramolecular Hbond substituents is 1. The SMILES string of the molecule is CC1=C(C(=O)OC2CCCCC2)C(c2cccc(O)c2)C2=C(CC(c3ccccc3)CC2=O)N1. The lowest BCUT2D eigenvalue weighted by Gasteiger charge is -2.37. The van der Waals surface area contributed by atoms with Crippen LogP contribution in [0, 0.1) is 0 Å². The van der Waals surface area contributed by atoms with Crippen LogP contribution in [0.4, 0.5) is 0 Å². The maximum Gasteiger partial charge on any atom is 0.337 e. The van der Waals surface area contributed by atoms with Crippen LogP contribution < -0.4 is 5.32 Å². The number of carbonyl (C=O) groups excluding carboxylic acids is 2. The molecule has 1 heterocycles. The van der Waals surface area contributed by atoms with Crippen LogP contribution in [-0.4, -0.2) is 23.0 Å². The third-order valence-electron chi connectivity index (χ3n) is 7.35. The van der Waals surface area contributed by atoms with Crippen molar-refractivity contribution in [3.8, 4) is 5.75 Å². The van der Waals surface area contributed by atoms with Gasteiger partial charge in [-0.15, -0.1) is 0 Å². The summed E-state index contributed by atoms with van der Waals surface area (Å²) in [6.07, 6.45) is 6.09. The van der Waals surface area contributed by atoms with Gasteiger partial charge >= 0.3 is 5.97 Å². The highest BCUT2D eigenvalue weighted by Crippen LogP contribution is 2.46. The molecule has 2 atom stereocenters. The number of phenols is 1. The van der Waals surface area contributed by atoms with Crippen LogP contribution in [0.25, 0.3) is 0 Å².